The quantitative estimate of drug-likeness (QED) is 0.331. The van der Waals surface area contributed by atoms with Gasteiger partial charge in [0.25, 0.3) is 0 Å². The Morgan fingerprint density at radius 2 is 1.19 bits per heavy atom. The molecule has 0 aromatic carbocycles. The van der Waals surface area contributed by atoms with Crippen molar-refractivity contribution in [2.45, 2.75) is 140 Å². The summed E-state index contributed by atoms with van der Waals surface area (Å²) in [5, 5.41) is 10.9. The summed E-state index contributed by atoms with van der Waals surface area (Å²) in [5.41, 5.74) is 0. The maximum atomic E-state index is 10.3. The first kappa shape index (κ1) is 44.0. The van der Waals surface area contributed by atoms with Crippen LogP contribution in [-0.2, 0) is 74.5 Å². The number of fused-ring (bicyclic) bond motifs is 2. The molecule has 12 nitrogen and oxygen atoms in total. The van der Waals surface area contributed by atoms with E-state index in [1.165, 1.54) is 0 Å². The predicted molar refractivity (Wildman–Crippen MR) is 187 cm³/mol. The Hall–Kier alpha value is -0.160. The summed E-state index contributed by atoms with van der Waals surface area (Å²) < 4.78 is 78.4. The molecule has 0 aromatic heterocycles. The molecular weight excluding hydrogens is 759 g/mol. The van der Waals surface area contributed by atoms with Crippen molar-refractivity contribution in [2.75, 3.05) is 32.3 Å². The van der Waals surface area contributed by atoms with Crippen LogP contribution in [0, 0.1) is 24.7 Å². The van der Waals surface area contributed by atoms with Crippen molar-refractivity contribution in [3.63, 3.8) is 0 Å². The van der Waals surface area contributed by atoms with E-state index in [1.54, 1.807) is 13.8 Å². The summed E-state index contributed by atoms with van der Waals surface area (Å²) in [6, 6.07) is 0. The maximum Gasteiger partial charge on any atom is 0.190 e. The topological polar surface area (TPSA) is 122 Å². The number of alkyl halides is 2. The van der Waals surface area contributed by atoms with Crippen molar-refractivity contribution in [1.82, 2.24) is 0 Å². The molecule has 17 heteroatoms. The second-order valence-electron chi connectivity index (χ2n) is 12.7. The molecule has 48 heavy (non-hydrogen) atoms. The monoisotopic (exact) mass is 809 g/mol. The molecule has 0 unspecified atom stereocenters. The van der Waals surface area contributed by atoms with Gasteiger partial charge in [0, 0.05) is 22.4 Å². The van der Waals surface area contributed by atoms with Crippen LogP contribution < -0.4 is 0 Å². The van der Waals surface area contributed by atoms with Crippen LogP contribution in [0.3, 0.4) is 0 Å². The summed E-state index contributed by atoms with van der Waals surface area (Å²) in [6.45, 7) is 15.7. The smallest absolute Gasteiger partial charge is 0.190 e. The molecule has 1 N–H and O–H groups in total. The van der Waals surface area contributed by atoms with Gasteiger partial charge in [-0.2, -0.15) is 13.5 Å². The summed E-state index contributed by atoms with van der Waals surface area (Å²) in [5.74, 6) is 2.16. The number of rotatable bonds is 4. The molecule has 278 valence electrons. The van der Waals surface area contributed by atoms with Gasteiger partial charge < -0.3 is 57.2 Å². The average Bonchev–Trinajstić information content (AvgIpc) is 3.82. The maximum absolute atomic E-state index is 10.3. The third-order valence-corrected chi connectivity index (χ3v) is 7.63. The molecule has 0 saturated carbocycles. The van der Waals surface area contributed by atoms with Gasteiger partial charge in [-0.1, -0.05) is 27.8 Å². The van der Waals surface area contributed by atoms with Crippen molar-refractivity contribution >= 4 is 51.8 Å². The van der Waals surface area contributed by atoms with Gasteiger partial charge in [0.05, 0.1) is 27.1 Å². The number of ether oxygens (including phenoxy) is 11. The van der Waals surface area contributed by atoms with E-state index < -0.39 is 61.2 Å². The molecule has 0 radical (unpaired) electrons. The van der Waals surface area contributed by atoms with E-state index in [9.17, 15) is 9.50 Å². The first-order chi connectivity index (χ1) is 22.4. The Labute approximate surface area is 310 Å². The Morgan fingerprint density at radius 1 is 0.771 bits per heavy atom. The standard InChI is InChI=1S/C15H22O6.C12H20O6.C3H3Br.CH3F.S2.H2S/c1-6-7-16-11-10(9-8-17-14(2,3)19-9)18-13-12(11)20-15(4,5)21-13;1-11(2)14-5-6(16-11)8-7(13)9-10(15-8)18-12(3,4)17-9;1-2-3-4;2*1-2;/h1,9-13H,7-8H2,2-5H3;6-10,13H,5H2,1-4H3;1H,3H2;1H3;;1H2/t9-,10-,11+,12-,13-;6-,7+,8-,9-,10-;;;;/m11..../s1/i;;;1D;;. The lowest BCUT2D eigenvalue weighted by Gasteiger charge is -2.28. The zero-order valence-corrected chi connectivity index (χ0v) is 32.7. The Balaban J connectivity index is 0.000000392. The van der Waals surface area contributed by atoms with Gasteiger partial charge in [-0.15, -0.1) is 12.8 Å². The summed E-state index contributed by atoms with van der Waals surface area (Å²) >= 11 is 10.3. The van der Waals surface area contributed by atoms with Gasteiger partial charge in [-0.3, -0.25) is 4.39 Å². The molecule has 6 aliphatic rings. The molecule has 6 aliphatic heterocycles. The molecule has 0 bridgehead atoms. The van der Waals surface area contributed by atoms with E-state index in [0.717, 1.165) is 0 Å². The number of terminal acetylenes is 2. The SMILES string of the molecule is C#CCBr.C#CCO[C@@H]1[C@H]2OC(C)(C)O[C@H]2O[C@@H]1[C@H]1COC(C)(C)O1.CC1(C)O[C@H]2O[C@H]([C@H]3COC(C)(C)O3)[C@H](O)[C@H]2O1.S.S=S.[2H]CF. The summed E-state index contributed by atoms with van der Waals surface area (Å²) in [4.78, 5) is 0. The second-order valence-corrected chi connectivity index (χ2v) is 13.2. The number of hydrogen-bond acceptors (Lipinski definition) is 14. The molecular formula is C31H50BrFO12S3. The molecule has 6 heterocycles. The number of halogens is 2. The van der Waals surface area contributed by atoms with Crippen LogP contribution in [0.2, 0.25) is 0 Å². The van der Waals surface area contributed by atoms with Gasteiger partial charge in [-0.05, 0) is 55.4 Å². The van der Waals surface area contributed by atoms with Crippen LogP contribution in [0.5, 0.6) is 0 Å². The van der Waals surface area contributed by atoms with Crippen LogP contribution in [0.1, 0.15) is 56.8 Å². The van der Waals surface area contributed by atoms with Crippen molar-refractivity contribution in [3.05, 3.63) is 0 Å². The Morgan fingerprint density at radius 3 is 1.58 bits per heavy atom. The molecule has 6 saturated heterocycles. The molecule has 0 aromatic rings. The fraction of sp³-hybridized carbons (Fsp3) is 0.871. The van der Waals surface area contributed by atoms with Gasteiger partial charge >= 0.3 is 0 Å². The fourth-order valence-electron chi connectivity index (χ4n) is 5.72. The first-order valence-electron chi connectivity index (χ1n) is 15.5. The zero-order valence-electron chi connectivity index (χ0n) is 29.5. The average molecular weight is 811 g/mol. The number of aliphatic hydroxyl groups excluding tert-OH is 1. The zero-order chi connectivity index (χ0) is 36.5. The first-order valence-corrected chi connectivity index (χ1v) is 17.3. The van der Waals surface area contributed by atoms with Crippen molar-refractivity contribution in [1.29, 1.82) is 0 Å². The highest BCUT2D eigenvalue weighted by Gasteiger charge is 2.59. The van der Waals surface area contributed by atoms with E-state index in [4.69, 9.17) is 66.3 Å². The lowest BCUT2D eigenvalue weighted by Crippen LogP contribution is -2.44. The van der Waals surface area contributed by atoms with Crippen LogP contribution in [0.4, 0.5) is 4.39 Å². The van der Waals surface area contributed by atoms with E-state index in [2.05, 4.69) is 50.1 Å². The largest absolute Gasteiger partial charge is 0.387 e. The van der Waals surface area contributed by atoms with Crippen LogP contribution >= 0.6 is 29.4 Å². The van der Waals surface area contributed by atoms with Crippen LogP contribution in [-0.4, -0.2) is 122 Å². The van der Waals surface area contributed by atoms with Gasteiger partial charge in [0.2, 0.25) is 0 Å². The predicted octanol–water partition coefficient (Wildman–Crippen LogP) is 3.12. The van der Waals surface area contributed by atoms with E-state index in [1.807, 2.05) is 41.5 Å². The lowest BCUT2D eigenvalue weighted by atomic mass is 10.1. The molecule has 0 amide bonds. The molecule has 6 rings (SSSR count). The lowest BCUT2D eigenvalue weighted by molar-refractivity contribution is -0.235. The minimum absolute atomic E-state index is 0. The van der Waals surface area contributed by atoms with Gasteiger partial charge in [-0.25, -0.2) is 0 Å². The fourth-order valence-corrected chi connectivity index (χ4v) is 5.72. The highest BCUT2D eigenvalue weighted by molar-refractivity contribution is 9.09. The van der Waals surface area contributed by atoms with Crippen LogP contribution in [0.25, 0.3) is 0 Å². The highest BCUT2D eigenvalue weighted by atomic mass is 79.9. The summed E-state index contributed by atoms with van der Waals surface area (Å²) in [6.07, 6.45) is 5.81. The van der Waals surface area contributed by atoms with Crippen molar-refractivity contribution < 1.29 is 63.0 Å². The molecule has 0 aliphatic carbocycles. The second kappa shape index (κ2) is 19.6. The Bertz CT molecular complexity index is 1100. The van der Waals surface area contributed by atoms with Crippen LogP contribution in [0.15, 0.2) is 0 Å². The van der Waals surface area contributed by atoms with Crippen molar-refractivity contribution in [2.24, 2.45) is 0 Å². The highest BCUT2D eigenvalue weighted by Crippen LogP contribution is 2.42. The number of hydrogen-bond donors (Lipinski definition) is 1. The van der Waals surface area contributed by atoms with E-state index >= 15 is 0 Å². The van der Waals surface area contributed by atoms with Gasteiger partial charge in [0.1, 0.15) is 55.4 Å². The molecule has 10 atom stereocenters. The third kappa shape index (κ3) is 12.2. The van der Waals surface area contributed by atoms with Gasteiger partial charge in [0.15, 0.2) is 35.7 Å². The minimum atomic E-state index is -1.00. The minimum Gasteiger partial charge on any atom is -0.387 e. The normalized spacial score (nSPS) is 38.6. The Kier molecular flexibility index (Phi) is 18.0. The third-order valence-electron chi connectivity index (χ3n) is 7.31. The number of aliphatic hydroxyl groups is 1. The van der Waals surface area contributed by atoms with E-state index in [-0.39, 0.29) is 50.6 Å². The summed E-state index contributed by atoms with van der Waals surface area (Å²) in [7, 11) is -1.00. The molecule has 6 fully saturated rings. The molecule has 0 spiro atoms. The van der Waals surface area contributed by atoms with E-state index in [0.29, 0.717) is 18.5 Å². The van der Waals surface area contributed by atoms with Crippen molar-refractivity contribution in [3.8, 4) is 24.7 Å².